The molecule has 1 heterocycles. The topological polar surface area (TPSA) is 90.8 Å². The lowest BCUT2D eigenvalue weighted by atomic mass is 10.4. The van der Waals surface area contributed by atoms with Crippen molar-refractivity contribution in [3.05, 3.63) is 6.07 Å². The van der Waals surface area contributed by atoms with Gasteiger partial charge in [0.25, 0.3) is 0 Å². The Bertz CT molecular complexity index is 360. The summed E-state index contributed by atoms with van der Waals surface area (Å²) in [6.45, 7) is 1.37. The summed E-state index contributed by atoms with van der Waals surface area (Å²) >= 11 is 0. The Balaban J connectivity index is 2.90. The predicted octanol–water partition coefficient (Wildman–Crippen LogP) is 0.346. The molecule has 0 bridgehead atoms. The number of nitrogens with zero attached hydrogens (tertiary/aromatic N) is 2. The maximum Gasteiger partial charge on any atom is 0.344 e. The van der Waals surface area contributed by atoms with Gasteiger partial charge in [-0.25, -0.2) is 4.79 Å². The highest BCUT2D eigenvalue weighted by Gasteiger charge is 2.15. The molecule has 7 heteroatoms. The minimum atomic E-state index is -1.11. The van der Waals surface area contributed by atoms with E-state index in [-0.39, 0.29) is 17.8 Å². The Morgan fingerprint density at radius 3 is 2.19 bits per heavy atom. The summed E-state index contributed by atoms with van der Waals surface area (Å²) in [6.07, 6.45) is -1.04. The molecule has 88 valence electrons. The van der Waals surface area contributed by atoms with E-state index in [1.165, 1.54) is 27.2 Å². The van der Waals surface area contributed by atoms with E-state index in [2.05, 4.69) is 9.97 Å². The summed E-state index contributed by atoms with van der Waals surface area (Å²) in [7, 11) is 2.85. The molecular formula is C9H12N2O5. The van der Waals surface area contributed by atoms with E-state index < -0.39 is 12.1 Å². The standard InChI is InChI=1S/C9H12N2O5/c1-5(8(12)13)16-9-10-6(14-2)4-7(11-9)15-3/h4-5H,1-3H3,(H,12,13). The fourth-order valence-electron chi connectivity index (χ4n) is 0.854. The zero-order valence-electron chi connectivity index (χ0n) is 9.13. The molecule has 1 aromatic rings. The first-order chi connectivity index (χ1) is 7.56. The number of ether oxygens (including phenoxy) is 3. The summed E-state index contributed by atoms with van der Waals surface area (Å²) in [5, 5.41) is 8.65. The number of rotatable bonds is 5. The SMILES string of the molecule is COc1cc(OC)nc(OC(C)C(=O)O)n1. The Kier molecular flexibility index (Phi) is 3.87. The van der Waals surface area contributed by atoms with E-state index in [4.69, 9.17) is 19.3 Å². The monoisotopic (exact) mass is 228 g/mol. The third-order valence-electron chi connectivity index (χ3n) is 1.71. The second-order valence-corrected chi connectivity index (χ2v) is 2.83. The van der Waals surface area contributed by atoms with Gasteiger partial charge in [-0.15, -0.1) is 0 Å². The highest BCUT2D eigenvalue weighted by Crippen LogP contribution is 2.19. The van der Waals surface area contributed by atoms with Gasteiger partial charge in [0.1, 0.15) is 0 Å². The highest BCUT2D eigenvalue weighted by molar-refractivity contribution is 5.72. The molecule has 0 amide bonds. The average molecular weight is 228 g/mol. The van der Waals surface area contributed by atoms with Crippen molar-refractivity contribution in [1.82, 2.24) is 9.97 Å². The van der Waals surface area contributed by atoms with Crippen molar-refractivity contribution in [2.24, 2.45) is 0 Å². The molecule has 1 rings (SSSR count). The zero-order chi connectivity index (χ0) is 12.1. The van der Waals surface area contributed by atoms with Gasteiger partial charge < -0.3 is 19.3 Å². The second-order valence-electron chi connectivity index (χ2n) is 2.83. The maximum absolute atomic E-state index is 10.6. The molecule has 1 aromatic heterocycles. The van der Waals surface area contributed by atoms with Crippen LogP contribution in [-0.4, -0.2) is 41.4 Å². The van der Waals surface area contributed by atoms with Crippen LogP contribution in [0.2, 0.25) is 0 Å². The number of carboxylic acids is 1. The lowest BCUT2D eigenvalue weighted by molar-refractivity contribution is -0.144. The Morgan fingerprint density at radius 1 is 1.31 bits per heavy atom. The van der Waals surface area contributed by atoms with Crippen molar-refractivity contribution in [3.8, 4) is 17.8 Å². The molecule has 1 atom stereocenters. The molecular weight excluding hydrogens is 216 g/mol. The molecule has 1 N–H and O–H groups in total. The predicted molar refractivity (Wildman–Crippen MR) is 52.9 cm³/mol. The van der Waals surface area contributed by atoms with Gasteiger partial charge in [-0.2, -0.15) is 9.97 Å². The van der Waals surface area contributed by atoms with E-state index in [0.717, 1.165) is 0 Å². The van der Waals surface area contributed by atoms with Crippen LogP contribution in [0.15, 0.2) is 6.07 Å². The molecule has 0 fully saturated rings. The molecule has 16 heavy (non-hydrogen) atoms. The first-order valence-corrected chi connectivity index (χ1v) is 4.43. The van der Waals surface area contributed by atoms with E-state index in [9.17, 15) is 4.79 Å². The van der Waals surface area contributed by atoms with Crippen molar-refractivity contribution in [2.75, 3.05) is 14.2 Å². The molecule has 0 aliphatic carbocycles. The van der Waals surface area contributed by atoms with Crippen LogP contribution in [0.1, 0.15) is 6.92 Å². The number of hydrogen-bond acceptors (Lipinski definition) is 6. The molecule has 1 unspecified atom stereocenters. The lowest BCUT2D eigenvalue weighted by Crippen LogP contribution is -2.24. The average Bonchev–Trinajstić information content (AvgIpc) is 2.28. The summed E-state index contributed by atoms with van der Waals surface area (Å²) in [5.41, 5.74) is 0. The lowest BCUT2D eigenvalue weighted by Gasteiger charge is -2.10. The quantitative estimate of drug-likeness (QED) is 0.777. The molecule has 0 spiro atoms. The smallest absolute Gasteiger partial charge is 0.344 e. The molecule has 0 saturated heterocycles. The first kappa shape index (κ1) is 12.0. The second kappa shape index (κ2) is 5.15. The summed E-state index contributed by atoms with van der Waals surface area (Å²) < 4.78 is 14.7. The van der Waals surface area contributed by atoms with E-state index in [0.29, 0.717) is 0 Å². The third-order valence-corrected chi connectivity index (χ3v) is 1.71. The molecule has 7 nitrogen and oxygen atoms in total. The first-order valence-electron chi connectivity index (χ1n) is 4.43. The normalized spacial score (nSPS) is 11.7. The molecule has 0 aromatic carbocycles. The molecule has 0 aliphatic rings. The van der Waals surface area contributed by atoms with Crippen LogP contribution in [0.3, 0.4) is 0 Å². The molecule has 0 radical (unpaired) electrons. The number of hydrogen-bond donors (Lipinski definition) is 1. The van der Waals surface area contributed by atoms with E-state index >= 15 is 0 Å². The number of carbonyl (C=O) groups is 1. The van der Waals surface area contributed by atoms with Gasteiger partial charge in [0.05, 0.1) is 20.3 Å². The number of methoxy groups -OCH3 is 2. The van der Waals surface area contributed by atoms with E-state index in [1.807, 2.05) is 0 Å². The number of carboxylic acid groups (broad SMARTS) is 1. The van der Waals surface area contributed by atoms with Crippen LogP contribution in [0, 0.1) is 0 Å². The minimum Gasteiger partial charge on any atom is -0.481 e. The van der Waals surface area contributed by atoms with Crippen molar-refractivity contribution < 1.29 is 24.1 Å². The highest BCUT2D eigenvalue weighted by atomic mass is 16.5. The Hall–Kier alpha value is -2.05. The number of aliphatic carboxylic acids is 1. The van der Waals surface area contributed by atoms with Crippen LogP contribution in [0.25, 0.3) is 0 Å². The van der Waals surface area contributed by atoms with Gasteiger partial charge in [0.15, 0.2) is 6.10 Å². The van der Waals surface area contributed by atoms with Gasteiger partial charge in [-0.05, 0) is 6.92 Å². The van der Waals surface area contributed by atoms with Gasteiger partial charge in [-0.1, -0.05) is 0 Å². The fraction of sp³-hybridized carbons (Fsp3) is 0.444. The molecule has 0 aliphatic heterocycles. The van der Waals surface area contributed by atoms with Gasteiger partial charge in [0, 0.05) is 0 Å². The Labute approximate surface area is 92.0 Å². The van der Waals surface area contributed by atoms with Gasteiger partial charge >= 0.3 is 12.0 Å². The maximum atomic E-state index is 10.6. The summed E-state index contributed by atoms with van der Waals surface area (Å²) in [6, 6.07) is 1.35. The zero-order valence-corrected chi connectivity index (χ0v) is 9.13. The summed E-state index contributed by atoms with van der Waals surface area (Å²) in [5.74, 6) is -0.635. The molecule has 0 saturated carbocycles. The van der Waals surface area contributed by atoms with Crippen molar-refractivity contribution in [1.29, 1.82) is 0 Å². The van der Waals surface area contributed by atoms with Crippen LogP contribution in [0.4, 0.5) is 0 Å². The van der Waals surface area contributed by atoms with Crippen LogP contribution >= 0.6 is 0 Å². The van der Waals surface area contributed by atoms with Crippen molar-refractivity contribution in [3.63, 3.8) is 0 Å². The van der Waals surface area contributed by atoms with Gasteiger partial charge in [0.2, 0.25) is 11.8 Å². The van der Waals surface area contributed by atoms with Crippen LogP contribution in [0.5, 0.6) is 17.8 Å². The van der Waals surface area contributed by atoms with Crippen molar-refractivity contribution >= 4 is 5.97 Å². The van der Waals surface area contributed by atoms with Crippen LogP contribution < -0.4 is 14.2 Å². The Morgan fingerprint density at radius 2 is 1.81 bits per heavy atom. The van der Waals surface area contributed by atoms with Crippen LogP contribution in [-0.2, 0) is 4.79 Å². The minimum absolute atomic E-state index is 0.105. The van der Waals surface area contributed by atoms with Gasteiger partial charge in [-0.3, -0.25) is 0 Å². The summed E-state index contributed by atoms with van der Waals surface area (Å²) in [4.78, 5) is 18.2. The number of aromatic nitrogens is 2. The fourth-order valence-corrected chi connectivity index (χ4v) is 0.854. The largest absolute Gasteiger partial charge is 0.481 e. The van der Waals surface area contributed by atoms with E-state index in [1.54, 1.807) is 0 Å². The van der Waals surface area contributed by atoms with Crippen molar-refractivity contribution in [2.45, 2.75) is 13.0 Å². The third kappa shape index (κ3) is 2.97.